The third-order valence-electron chi connectivity index (χ3n) is 2.70. The summed E-state index contributed by atoms with van der Waals surface area (Å²) in [6.45, 7) is 1.90. The standard InChI is InChI=1S/C10H10F2N8S/c1-2-5-14-17-10(19(5)13)21-7-4-3-6-15-16-9(8(11)12)20(6)18-7/h3-4,8H,2,13H2,1H3. The van der Waals surface area contributed by atoms with Gasteiger partial charge in [0.25, 0.3) is 6.43 Å². The zero-order chi connectivity index (χ0) is 15.0. The highest BCUT2D eigenvalue weighted by molar-refractivity contribution is 7.99. The van der Waals surface area contributed by atoms with Gasteiger partial charge in [-0.25, -0.2) is 13.5 Å². The summed E-state index contributed by atoms with van der Waals surface area (Å²) in [6.07, 6.45) is -2.12. The lowest BCUT2D eigenvalue weighted by molar-refractivity contribution is 0.137. The molecule has 110 valence electrons. The molecule has 3 heterocycles. The summed E-state index contributed by atoms with van der Waals surface area (Å²) < 4.78 is 27.9. The van der Waals surface area contributed by atoms with Crippen LogP contribution in [0, 0.1) is 0 Å². The number of nitrogen functional groups attached to an aromatic ring is 1. The topological polar surface area (TPSA) is 99.8 Å². The van der Waals surface area contributed by atoms with Gasteiger partial charge in [0.1, 0.15) is 5.03 Å². The van der Waals surface area contributed by atoms with Gasteiger partial charge in [-0.1, -0.05) is 6.92 Å². The summed E-state index contributed by atoms with van der Waals surface area (Å²) in [4.78, 5) is 0. The Labute approximate surface area is 121 Å². The molecule has 0 aliphatic heterocycles. The molecule has 0 saturated heterocycles. The Morgan fingerprint density at radius 3 is 2.71 bits per heavy atom. The fourth-order valence-electron chi connectivity index (χ4n) is 1.69. The number of nitrogens with zero attached hydrogens (tertiary/aromatic N) is 7. The highest BCUT2D eigenvalue weighted by Gasteiger charge is 2.18. The largest absolute Gasteiger partial charge is 0.336 e. The van der Waals surface area contributed by atoms with E-state index >= 15 is 0 Å². The van der Waals surface area contributed by atoms with Crippen LogP contribution in [-0.2, 0) is 6.42 Å². The minimum absolute atomic E-state index is 0.248. The maximum absolute atomic E-state index is 12.8. The Kier molecular flexibility index (Phi) is 3.41. The Balaban J connectivity index is 1.97. The van der Waals surface area contributed by atoms with Gasteiger partial charge in [0, 0.05) is 6.42 Å². The van der Waals surface area contributed by atoms with Gasteiger partial charge in [0.05, 0.1) is 0 Å². The van der Waals surface area contributed by atoms with E-state index in [1.54, 1.807) is 12.1 Å². The summed E-state index contributed by atoms with van der Waals surface area (Å²) >= 11 is 1.12. The first-order chi connectivity index (χ1) is 10.1. The summed E-state index contributed by atoms with van der Waals surface area (Å²) in [7, 11) is 0. The van der Waals surface area contributed by atoms with E-state index in [4.69, 9.17) is 5.84 Å². The van der Waals surface area contributed by atoms with Crippen LogP contribution < -0.4 is 5.84 Å². The number of nitrogens with two attached hydrogens (primary N) is 1. The van der Waals surface area contributed by atoms with Crippen molar-refractivity contribution in [2.75, 3.05) is 5.84 Å². The van der Waals surface area contributed by atoms with Crippen LogP contribution in [0.2, 0.25) is 0 Å². The predicted octanol–water partition coefficient (Wildman–Crippen LogP) is 1.08. The van der Waals surface area contributed by atoms with Crippen LogP contribution in [0.15, 0.2) is 22.3 Å². The maximum atomic E-state index is 12.8. The molecule has 0 aliphatic rings. The Hall–Kier alpha value is -2.30. The number of alkyl halides is 2. The number of halogens is 2. The highest BCUT2D eigenvalue weighted by Crippen LogP contribution is 2.25. The average molecular weight is 312 g/mol. The second kappa shape index (κ2) is 5.24. The Morgan fingerprint density at radius 2 is 2.05 bits per heavy atom. The zero-order valence-electron chi connectivity index (χ0n) is 10.8. The molecule has 3 aromatic heterocycles. The van der Waals surface area contributed by atoms with Crippen LogP contribution >= 0.6 is 11.8 Å². The first-order valence-electron chi connectivity index (χ1n) is 5.98. The van der Waals surface area contributed by atoms with Crippen molar-refractivity contribution in [3.8, 4) is 0 Å². The SMILES string of the molecule is CCc1nnc(Sc2ccc3nnc(C(F)F)n3n2)n1N. The van der Waals surface area contributed by atoms with Gasteiger partial charge in [-0.2, -0.15) is 9.61 Å². The van der Waals surface area contributed by atoms with Crippen molar-refractivity contribution in [1.29, 1.82) is 0 Å². The molecule has 0 amide bonds. The van der Waals surface area contributed by atoms with Crippen LogP contribution in [0.5, 0.6) is 0 Å². The molecule has 2 N–H and O–H groups in total. The van der Waals surface area contributed by atoms with Crippen molar-refractivity contribution in [1.82, 2.24) is 34.7 Å². The second-order valence-corrected chi connectivity index (χ2v) is 5.01. The molecule has 0 radical (unpaired) electrons. The summed E-state index contributed by atoms with van der Waals surface area (Å²) in [5, 5.41) is 19.8. The molecule has 0 spiro atoms. The fraction of sp³-hybridized carbons (Fsp3) is 0.300. The maximum Gasteiger partial charge on any atom is 0.299 e. The van der Waals surface area contributed by atoms with Gasteiger partial charge >= 0.3 is 0 Å². The molecule has 0 aliphatic carbocycles. The molecule has 0 fully saturated rings. The monoisotopic (exact) mass is 312 g/mol. The molecule has 21 heavy (non-hydrogen) atoms. The molecule has 3 aromatic rings. The van der Waals surface area contributed by atoms with Crippen LogP contribution in [0.3, 0.4) is 0 Å². The first-order valence-corrected chi connectivity index (χ1v) is 6.79. The summed E-state index contributed by atoms with van der Waals surface area (Å²) in [5.41, 5.74) is 0.248. The Bertz CT molecular complexity index is 783. The van der Waals surface area contributed by atoms with E-state index < -0.39 is 12.2 Å². The molecule has 8 nitrogen and oxygen atoms in total. The molecule has 0 bridgehead atoms. The number of aryl methyl sites for hydroxylation is 1. The van der Waals surface area contributed by atoms with E-state index in [0.717, 1.165) is 16.3 Å². The third kappa shape index (κ3) is 2.39. The molecule has 0 atom stereocenters. The lowest BCUT2D eigenvalue weighted by atomic mass is 10.5. The van der Waals surface area contributed by atoms with Crippen molar-refractivity contribution in [3.63, 3.8) is 0 Å². The number of aromatic nitrogens is 7. The zero-order valence-corrected chi connectivity index (χ0v) is 11.6. The molecule has 3 rings (SSSR count). The predicted molar refractivity (Wildman–Crippen MR) is 69.4 cm³/mol. The summed E-state index contributed by atoms with van der Waals surface area (Å²) in [5.74, 6) is 5.94. The minimum Gasteiger partial charge on any atom is -0.336 e. The third-order valence-corrected chi connectivity index (χ3v) is 3.59. The van der Waals surface area contributed by atoms with Crippen molar-refractivity contribution >= 4 is 17.4 Å². The second-order valence-electron chi connectivity index (χ2n) is 4.02. The molecule has 11 heteroatoms. The molecule has 0 saturated carbocycles. The number of fused-ring (bicyclic) bond motifs is 1. The van der Waals surface area contributed by atoms with Gasteiger partial charge in [-0.3, -0.25) is 0 Å². The molecule has 0 unspecified atom stereocenters. The van der Waals surface area contributed by atoms with Crippen molar-refractivity contribution in [2.45, 2.75) is 30.0 Å². The highest BCUT2D eigenvalue weighted by atomic mass is 32.2. The fourth-order valence-corrected chi connectivity index (χ4v) is 2.42. The normalized spacial score (nSPS) is 11.6. The van der Waals surface area contributed by atoms with Crippen LogP contribution in [0.25, 0.3) is 5.65 Å². The van der Waals surface area contributed by atoms with E-state index in [0.29, 0.717) is 22.4 Å². The lowest BCUT2D eigenvalue weighted by Crippen LogP contribution is -2.13. The van der Waals surface area contributed by atoms with Crippen molar-refractivity contribution in [3.05, 3.63) is 23.8 Å². The van der Waals surface area contributed by atoms with E-state index in [9.17, 15) is 8.78 Å². The smallest absolute Gasteiger partial charge is 0.299 e. The first kappa shape index (κ1) is 13.7. The van der Waals surface area contributed by atoms with Crippen molar-refractivity contribution < 1.29 is 8.78 Å². The van der Waals surface area contributed by atoms with E-state index in [-0.39, 0.29) is 5.65 Å². The number of hydrogen-bond acceptors (Lipinski definition) is 7. The van der Waals surface area contributed by atoms with Gasteiger partial charge < -0.3 is 5.84 Å². The molecular formula is C10H10F2N8S. The molecular weight excluding hydrogens is 302 g/mol. The number of rotatable bonds is 4. The van der Waals surface area contributed by atoms with Gasteiger partial charge in [0.2, 0.25) is 11.0 Å². The van der Waals surface area contributed by atoms with Gasteiger partial charge in [0.15, 0.2) is 11.5 Å². The van der Waals surface area contributed by atoms with E-state index in [2.05, 4.69) is 25.5 Å². The molecule has 0 aromatic carbocycles. The van der Waals surface area contributed by atoms with E-state index in [1.165, 1.54) is 4.68 Å². The van der Waals surface area contributed by atoms with Crippen LogP contribution in [0.1, 0.15) is 25.0 Å². The lowest BCUT2D eigenvalue weighted by Gasteiger charge is -2.03. The Morgan fingerprint density at radius 1 is 1.24 bits per heavy atom. The van der Waals surface area contributed by atoms with Gasteiger partial charge in [-0.05, 0) is 23.9 Å². The van der Waals surface area contributed by atoms with Gasteiger partial charge in [-0.15, -0.1) is 20.4 Å². The van der Waals surface area contributed by atoms with E-state index in [1.807, 2.05) is 6.92 Å². The minimum atomic E-state index is -2.75. The quantitative estimate of drug-likeness (QED) is 0.719. The number of hydrogen-bond donors (Lipinski definition) is 1. The van der Waals surface area contributed by atoms with Crippen LogP contribution in [0.4, 0.5) is 8.78 Å². The van der Waals surface area contributed by atoms with Crippen LogP contribution in [-0.4, -0.2) is 34.7 Å². The average Bonchev–Trinajstić information content (AvgIpc) is 3.03. The summed E-state index contributed by atoms with van der Waals surface area (Å²) in [6, 6.07) is 3.18. The van der Waals surface area contributed by atoms with Crippen molar-refractivity contribution in [2.24, 2.45) is 0 Å².